The molecule has 0 atom stereocenters. The molecule has 0 radical (unpaired) electrons. The van der Waals surface area contributed by atoms with Crippen LogP contribution in [0.4, 0.5) is 0 Å². The molecule has 130 valence electrons. The predicted octanol–water partition coefficient (Wildman–Crippen LogP) is 2.51. The summed E-state index contributed by atoms with van der Waals surface area (Å²) >= 11 is 0. The minimum atomic E-state index is -0.240. The molecule has 7 heteroatoms. The van der Waals surface area contributed by atoms with Crippen molar-refractivity contribution in [3.63, 3.8) is 0 Å². The van der Waals surface area contributed by atoms with Crippen molar-refractivity contribution in [3.05, 3.63) is 0 Å². The topological polar surface area (TPSA) is 49.9 Å². The normalized spacial score (nSPS) is 11.6. The van der Waals surface area contributed by atoms with Gasteiger partial charge in [0.1, 0.15) is 6.61 Å². The molecule has 0 fully saturated rings. The fraction of sp³-hybridized carbons (Fsp3) is 0.867. The first kappa shape index (κ1) is 21.6. The molecule has 22 heavy (non-hydrogen) atoms. The Hall–Kier alpha value is -0.400. The first-order valence-corrected chi connectivity index (χ1v) is 9.78. The molecule has 0 rings (SSSR count). The molecule has 0 aliphatic heterocycles. The second kappa shape index (κ2) is 11.2. The maximum atomic E-state index is 12.1. The standard InChI is InChI=1S/C15H30N2O3S2/c1-13(18)20-11-12-21-22-15(2,3)8-7-14(19)17(6)10-9-16(4)5/h7-12H2,1-6H3. The van der Waals surface area contributed by atoms with Crippen molar-refractivity contribution in [1.82, 2.24) is 9.80 Å². The Morgan fingerprint density at radius 2 is 1.77 bits per heavy atom. The van der Waals surface area contributed by atoms with E-state index in [9.17, 15) is 9.59 Å². The van der Waals surface area contributed by atoms with E-state index in [4.69, 9.17) is 4.74 Å². The summed E-state index contributed by atoms with van der Waals surface area (Å²) in [6.45, 7) is 7.78. The van der Waals surface area contributed by atoms with E-state index in [0.717, 1.165) is 25.3 Å². The molecular weight excluding hydrogens is 320 g/mol. The lowest BCUT2D eigenvalue weighted by molar-refractivity contribution is -0.140. The van der Waals surface area contributed by atoms with Gasteiger partial charge in [0, 0.05) is 44.0 Å². The number of rotatable bonds is 11. The second-order valence-electron chi connectivity index (χ2n) is 6.12. The molecule has 0 bridgehead atoms. The summed E-state index contributed by atoms with van der Waals surface area (Å²) in [7, 11) is 9.30. The van der Waals surface area contributed by atoms with Crippen molar-refractivity contribution in [3.8, 4) is 0 Å². The molecule has 0 aromatic heterocycles. The van der Waals surface area contributed by atoms with E-state index in [1.165, 1.54) is 6.92 Å². The van der Waals surface area contributed by atoms with Gasteiger partial charge in [0.2, 0.25) is 5.91 Å². The van der Waals surface area contributed by atoms with E-state index >= 15 is 0 Å². The highest BCUT2D eigenvalue weighted by Crippen LogP contribution is 2.38. The van der Waals surface area contributed by atoms with E-state index in [1.54, 1.807) is 26.5 Å². The Labute approximate surface area is 142 Å². The van der Waals surface area contributed by atoms with Crippen LogP contribution in [-0.4, -0.2) is 73.0 Å². The fourth-order valence-electron chi connectivity index (χ4n) is 1.54. The highest BCUT2D eigenvalue weighted by molar-refractivity contribution is 8.77. The van der Waals surface area contributed by atoms with E-state index in [1.807, 2.05) is 21.1 Å². The maximum absolute atomic E-state index is 12.1. The predicted molar refractivity (Wildman–Crippen MR) is 96.2 cm³/mol. The van der Waals surface area contributed by atoms with Gasteiger partial charge in [0.15, 0.2) is 0 Å². The van der Waals surface area contributed by atoms with Crippen molar-refractivity contribution in [1.29, 1.82) is 0 Å². The molecule has 0 saturated heterocycles. The molecule has 0 N–H and O–H groups in total. The number of hydrogen-bond acceptors (Lipinski definition) is 6. The second-order valence-corrected chi connectivity index (χ2v) is 9.25. The van der Waals surface area contributed by atoms with Crippen LogP contribution in [0, 0.1) is 0 Å². The van der Waals surface area contributed by atoms with Crippen LogP contribution in [0.3, 0.4) is 0 Å². The van der Waals surface area contributed by atoms with E-state index in [-0.39, 0.29) is 16.6 Å². The largest absolute Gasteiger partial charge is 0.465 e. The third-order valence-corrected chi connectivity index (χ3v) is 6.32. The summed E-state index contributed by atoms with van der Waals surface area (Å²) in [4.78, 5) is 26.6. The molecule has 0 unspecified atom stereocenters. The molecule has 0 spiro atoms. The zero-order valence-electron chi connectivity index (χ0n) is 14.7. The summed E-state index contributed by atoms with van der Waals surface area (Å²) in [5.74, 6) is 0.723. The number of carbonyl (C=O) groups is 2. The van der Waals surface area contributed by atoms with Gasteiger partial charge in [0.05, 0.1) is 0 Å². The first-order chi connectivity index (χ1) is 10.1. The number of ether oxygens (including phenoxy) is 1. The summed E-state index contributed by atoms with van der Waals surface area (Å²) in [5, 5.41) is 0. The van der Waals surface area contributed by atoms with Crippen molar-refractivity contribution in [2.45, 2.75) is 38.4 Å². The highest BCUT2D eigenvalue weighted by Gasteiger charge is 2.21. The third kappa shape index (κ3) is 12.2. The van der Waals surface area contributed by atoms with Crippen molar-refractivity contribution >= 4 is 33.5 Å². The molecule has 1 amide bonds. The zero-order valence-corrected chi connectivity index (χ0v) is 16.3. The highest BCUT2D eigenvalue weighted by atomic mass is 33.1. The van der Waals surface area contributed by atoms with Crippen molar-refractivity contribution < 1.29 is 14.3 Å². The van der Waals surface area contributed by atoms with Crippen LogP contribution in [-0.2, 0) is 14.3 Å². The van der Waals surface area contributed by atoms with Crippen LogP contribution in [0.2, 0.25) is 0 Å². The molecule has 0 aliphatic carbocycles. The third-order valence-electron chi connectivity index (χ3n) is 3.01. The van der Waals surface area contributed by atoms with Crippen LogP contribution in [0.5, 0.6) is 0 Å². The van der Waals surface area contributed by atoms with Crippen LogP contribution >= 0.6 is 21.6 Å². The van der Waals surface area contributed by atoms with Gasteiger partial charge in [-0.1, -0.05) is 21.6 Å². The quantitative estimate of drug-likeness (QED) is 0.324. The Bertz CT molecular complexity index is 350. The Kier molecular flexibility index (Phi) is 11.0. The van der Waals surface area contributed by atoms with Gasteiger partial charge in [-0.05, 0) is 34.4 Å². The van der Waals surface area contributed by atoms with Crippen LogP contribution in [0.1, 0.15) is 33.6 Å². The SMILES string of the molecule is CC(=O)OCCSSC(C)(C)CCC(=O)N(C)CCN(C)C. The van der Waals surface area contributed by atoms with Crippen molar-refractivity contribution in [2.24, 2.45) is 0 Å². The summed E-state index contributed by atoms with van der Waals surface area (Å²) in [6.07, 6.45) is 1.40. The molecule has 0 aromatic carbocycles. The number of likely N-dealkylation sites (N-methyl/N-ethyl adjacent to an activating group) is 2. The van der Waals surface area contributed by atoms with Crippen molar-refractivity contribution in [2.75, 3.05) is 46.6 Å². The number of amides is 1. The van der Waals surface area contributed by atoms with Gasteiger partial charge in [0.25, 0.3) is 0 Å². The number of nitrogens with zero attached hydrogens (tertiary/aromatic N) is 2. The molecular formula is C15H30N2O3S2. The number of carbonyl (C=O) groups excluding carboxylic acids is 2. The fourth-order valence-corrected chi connectivity index (χ4v) is 3.94. The minimum Gasteiger partial charge on any atom is -0.465 e. The average molecular weight is 351 g/mol. The van der Waals surface area contributed by atoms with Gasteiger partial charge in [-0.15, -0.1) is 0 Å². The van der Waals surface area contributed by atoms with Gasteiger partial charge in [-0.3, -0.25) is 9.59 Å². The summed E-state index contributed by atoms with van der Waals surface area (Å²) < 4.78 is 4.92. The van der Waals surface area contributed by atoms with E-state index in [2.05, 4.69) is 18.7 Å². The Morgan fingerprint density at radius 3 is 2.32 bits per heavy atom. The van der Waals surface area contributed by atoms with E-state index in [0.29, 0.717) is 13.0 Å². The molecule has 5 nitrogen and oxygen atoms in total. The Morgan fingerprint density at radius 1 is 1.14 bits per heavy atom. The lowest BCUT2D eigenvalue weighted by Gasteiger charge is -2.25. The van der Waals surface area contributed by atoms with Gasteiger partial charge < -0.3 is 14.5 Å². The minimum absolute atomic E-state index is 0.0267. The summed E-state index contributed by atoms with van der Waals surface area (Å²) in [5.41, 5.74) is 0. The number of esters is 1. The summed E-state index contributed by atoms with van der Waals surface area (Å²) in [6, 6.07) is 0. The first-order valence-electron chi connectivity index (χ1n) is 7.47. The lowest BCUT2D eigenvalue weighted by Crippen LogP contribution is -2.34. The molecule has 0 aromatic rings. The number of hydrogen-bond donors (Lipinski definition) is 0. The molecule has 0 heterocycles. The van der Waals surface area contributed by atoms with E-state index < -0.39 is 0 Å². The maximum Gasteiger partial charge on any atom is 0.302 e. The Balaban J connectivity index is 3.89. The van der Waals surface area contributed by atoms with Gasteiger partial charge in [-0.25, -0.2) is 0 Å². The van der Waals surface area contributed by atoms with Gasteiger partial charge in [-0.2, -0.15) is 0 Å². The smallest absolute Gasteiger partial charge is 0.302 e. The monoisotopic (exact) mass is 350 g/mol. The average Bonchev–Trinajstić information content (AvgIpc) is 2.41. The molecule has 0 aliphatic rings. The lowest BCUT2D eigenvalue weighted by atomic mass is 10.1. The van der Waals surface area contributed by atoms with Crippen LogP contribution < -0.4 is 0 Å². The van der Waals surface area contributed by atoms with Gasteiger partial charge >= 0.3 is 5.97 Å². The van der Waals surface area contributed by atoms with Crippen LogP contribution in [0.25, 0.3) is 0 Å². The zero-order chi connectivity index (χ0) is 17.2. The molecule has 0 saturated carbocycles. The van der Waals surface area contributed by atoms with Crippen LogP contribution in [0.15, 0.2) is 0 Å².